The molecule has 2 aliphatic rings. The van der Waals surface area contributed by atoms with E-state index in [0.29, 0.717) is 11.7 Å². The minimum Gasteiger partial charge on any atom is -0.332 e. The lowest BCUT2D eigenvalue weighted by Crippen LogP contribution is -2.49. The van der Waals surface area contributed by atoms with E-state index in [-0.39, 0.29) is 5.91 Å². The van der Waals surface area contributed by atoms with Crippen LogP contribution in [-0.4, -0.2) is 58.1 Å². The van der Waals surface area contributed by atoms with Crippen LogP contribution >= 0.6 is 0 Å². The quantitative estimate of drug-likeness (QED) is 0.852. The summed E-state index contributed by atoms with van der Waals surface area (Å²) in [5.74, 6) is 0.0756. The van der Waals surface area contributed by atoms with Gasteiger partial charge >= 0.3 is 0 Å². The molecular formula is C15H18N4O. The molecule has 2 saturated heterocycles. The van der Waals surface area contributed by atoms with Crippen molar-refractivity contribution in [3.63, 3.8) is 0 Å². The van der Waals surface area contributed by atoms with E-state index in [2.05, 4.69) is 15.1 Å². The third-order valence-corrected chi connectivity index (χ3v) is 4.53. The number of aromatic amines is 1. The summed E-state index contributed by atoms with van der Waals surface area (Å²) < 4.78 is 0. The molecule has 2 atom stereocenters. The Labute approximate surface area is 117 Å². The van der Waals surface area contributed by atoms with Gasteiger partial charge in [-0.25, -0.2) is 0 Å². The van der Waals surface area contributed by atoms with Crippen LogP contribution in [0.1, 0.15) is 22.5 Å². The van der Waals surface area contributed by atoms with Gasteiger partial charge in [0.15, 0.2) is 5.69 Å². The number of nitrogens with zero attached hydrogens (tertiary/aromatic N) is 3. The third kappa shape index (κ3) is 1.73. The normalized spacial score (nSPS) is 25.4. The zero-order chi connectivity index (χ0) is 13.7. The van der Waals surface area contributed by atoms with Crippen molar-refractivity contribution in [2.45, 2.75) is 19.4 Å². The molecule has 4 rings (SSSR count). The Morgan fingerprint density at radius 1 is 1.35 bits per heavy atom. The van der Waals surface area contributed by atoms with Gasteiger partial charge in [-0.3, -0.25) is 14.8 Å². The van der Waals surface area contributed by atoms with Gasteiger partial charge in [0.25, 0.3) is 5.91 Å². The standard InChI is InChI=1S/C15H18N4O/c1-10-2-3-12-13(8-10)16-17-14(12)15(20)19-7-6-18-5-4-11(19)9-18/h2-3,8,11H,4-7,9H2,1H3,(H,16,17). The van der Waals surface area contributed by atoms with Crippen LogP contribution in [0.3, 0.4) is 0 Å². The number of nitrogens with one attached hydrogen (secondary N) is 1. The van der Waals surface area contributed by atoms with E-state index in [4.69, 9.17) is 0 Å². The molecule has 0 saturated carbocycles. The number of amides is 1. The summed E-state index contributed by atoms with van der Waals surface area (Å²) in [7, 11) is 0. The SMILES string of the molecule is Cc1ccc2c(C(=O)N3CCN4CCC3C4)n[nH]c2c1. The molecule has 3 heterocycles. The molecule has 5 nitrogen and oxygen atoms in total. The van der Waals surface area contributed by atoms with Gasteiger partial charge < -0.3 is 4.90 Å². The summed E-state index contributed by atoms with van der Waals surface area (Å²) in [6.45, 7) is 6.00. The molecule has 20 heavy (non-hydrogen) atoms. The molecule has 104 valence electrons. The highest BCUT2D eigenvalue weighted by molar-refractivity contribution is 6.04. The average Bonchev–Trinajstić information content (AvgIpc) is 3.02. The minimum atomic E-state index is 0.0756. The highest BCUT2D eigenvalue weighted by atomic mass is 16.2. The van der Waals surface area contributed by atoms with E-state index in [1.165, 1.54) is 5.56 Å². The van der Waals surface area contributed by atoms with Crippen LogP contribution in [-0.2, 0) is 0 Å². The predicted octanol–water partition coefficient (Wildman–Crippen LogP) is 1.40. The largest absolute Gasteiger partial charge is 0.332 e. The zero-order valence-corrected chi connectivity index (χ0v) is 11.6. The first-order valence-electron chi connectivity index (χ1n) is 7.20. The van der Waals surface area contributed by atoms with Crippen molar-refractivity contribution in [1.82, 2.24) is 20.0 Å². The second-order valence-electron chi connectivity index (χ2n) is 5.86. The Morgan fingerprint density at radius 2 is 2.25 bits per heavy atom. The van der Waals surface area contributed by atoms with Crippen LogP contribution in [0.25, 0.3) is 10.9 Å². The zero-order valence-electron chi connectivity index (χ0n) is 11.6. The molecule has 1 amide bonds. The van der Waals surface area contributed by atoms with Crippen molar-refractivity contribution in [3.05, 3.63) is 29.5 Å². The summed E-state index contributed by atoms with van der Waals surface area (Å²) in [4.78, 5) is 17.2. The molecule has 2 aliphatic heterocycles. The van der Waals surface area contributed by atoms with Crippen LogP contribution in [0.15, 0.2) is 18.2 Å². The second kappa shape index (κ2) is 4.31. The van der Waals surface area contributed by atoms with Gasteiger partial charge in [-0.2, -0.15) is 5.10 Å². The number of aromatic nitrogens is 2. The Hall–Kier alpha value is -1.88. The Kier molecular flexibility index (Phi) is 2.57. The topological polar surface area (TPSA) is 52.2 Å². The smallest absolute Gasteiger partial charge is 0.275 e. The number of rotatable bonds is 1. The highest BCUT2D eigenvalue weighted by Crippen LogP contribution is 2.24. The molecule has 2 bridgehead atoms. The average molecular weight is 270 g/mol. The molecule has 0 spiro atoms. The van der Waals surface area contributed by atoms with E-state index in [9.17, 15) is 4.79 Å². The van der Waals surface area contributed by atoms with Gasteiger partial charge in [-0.15, -0.1) is 0 Å². The number of aryl methyl sites for hydroxylation is 1. The fraction of sp³-hybridized carbons (Fsp3) is 0.467. The van der Waals surface area contributed by atoms with Gasteiger partial charge in [-0.1, -0.05) is 12.1 Å². The van der Waals surface area contributed by atoms with Crippen LogP contribution < -0.4 is 0 Å². The maximum Gasteiger partial charge on any atom is 0.275 e. The maximum atomic E-state index is 12.8. The van der Waals surface area contributed by atoms with Crippen LogP contribution in [0.2, 0.25) is 0 Å². The van der Waals surface area contributed by atoms with Gasteiger partial charge in [-0.05, 0) is 25.0 Å². The van der Waals surface area contributed by atoms with E-state index in [1.54, 1.807) is 0 Å². The monoisotopic (exact) mass is 270 g/mol. The van der Waals surface area contributed by atoms with Crippen LogP contribution in [0, 0.1) is 6.92 Å². The lowest BCUT2D eigenvalue weighted by Gasteiger charge is -2.33. The minimum absolute atomic E-state index is 0.0756. The maximum absolute atomic E-state index is 12.8. The Morgan fingerprint density at radius 3 is 3.15 bits per heavy atom. The van der Waals surface area contributed by atoms with Gasteiger partial charge in [0.1, 0.15) is 0 Å². The summed E-state index contributed by atoms with van der Waals surface area (Å²) in [6, 6.07) is 6.43. The fourth-order valence-electron chi connectivity index (χ4n) is 3.40. The number of carbonyl (C=O) groups is 1. The summed E-state index contributed by atoms with van der Waals surface area (Å²) in [5, 5.41) is 8.18. The molecule has 1 N–H and O–H groups in total. The second-order valence-corrected chi connectivity index (χ2v) is 5.86. The van der Waals surface area contributed by atoms with Crippen LogP contribution in [0.4, 0.5) is 0 Å². The summed E-state index contributed by atoms with van der Waals surface area (Å²) in [5.41, 5.74) is 2.68. The van der Waals surface area contributed by atoms with Crippen molar-refractivity contribution in [2.24, 2.45) is 0 Å². The molecule has 1 aromatic carbocycles. The number of benzene rings is 1. The first-order valence-corrected chi connectivity index (χ1v) is 7.20. The number of hydrogen-bond acceptors (Lipinski definition) is 3. The predicted molar refractivity (Wildman–Crippen MR) is 76.7 cm³/mol. The van der Waals surface area contributed by atoms with Crippen molar-refractivity contribution < 1.29 is 4.79 Å². The van der Waals surface area contributed by atoms with Crippen molar-refractivity contribution in [2.75, 3.05) is 26.2 Å². The van der Waals surface area contributed by atoms with E-state index in [0.717, 1.165) is 43.5 Å². The van der Waals surface area contributed by atoms with Crippen molar-refractivity contribution in [1.29, 1.82) is 0 Å². The number of hydrogen-bond donors (Lipinski definition) is 1. The molecular weight excluding hydrogens is 252 g/mol. The lowest BCUT2D eigenvalue weighted by molar-refractivity contribution is 0.0605. The lowest BCUT2D eigenvalue weighted by atomic mass is 10.1. The van der Waals surface area contributed by atoms with E-state index in [1.807, 2.05) is 30.0 Å². The summed E-state index contributed by atoms with van der Waals surface area (Å²) >= 11 is 0. The number of fused-ring (bicyclic) bond motifs is 3. The van der Waals surface area contributed by atoms with E-state index < -0.39 is 0 Å². The molecule has 2 unspecified atom stereocenters. The third-order valence-electron chi connectivity index (χ3n) is 4.53. The molecule has 0 aliphatic carbocycles. The van der Waals surface area contributed by atoms with Crippen molar-refractivity contribution in [3.8, 4) is 0 Å². The Balaban J connectivity index is 1.70. The first-order chi connectivity index (χ1) is 9.72. The Bertz CT molecular complexity index is 678. The van der Waals surface area contributed by atoms with Crippen molar-refractivity contribution >= 4 is 16.8 Å². The summed E-state index contributed by atoms with van der Waals surface area (Å²) in [6.07, 6.45) is 1.09. The van der Waals surface area contributed by atoms with Gasteiger partial charge in [0.2, 0.25) is 0 Å². The number of piperazine rings is 1. The van der Waals surface area contributed by atoms with Crippen LogP contribution in [0.5, 0.6) is 0 Å². The van der Waals surface area contributed by atoms with E-state index >= 15 is 0 Å². The number of H-pyrrole nitrogens is 1. The molecule has 1 aromatic heterocycles. The molecule has 2 fully saturated rings. The van der Waals surface area contributed by atoms with Gasteiger partial charge in [0.05, 0.1) is 5.52 Å². The number of carbonyl (C=O) groups excluding carboxylic acids is 1. The fourth-order valence-corrected chi connectivity index (χ4v) is 3.40. The van der Waals surface area contributed by atoms with Gasteiger partial charge in [0, 0.05) is 37.6 Å². The molecule has 0 radical (unpaired) electrons. The molecule has 5 heteroatoms. The highest BCUT2D eigenvalue weighted by Gasteiger charge is 2.36. The first kappa shape index (κ1) is 11.9. The molecule has 2 aromatic rings.